The van der Waals surface area contributed by atoms with Gasteiger partial charge in [0.05, 0.1) is 0 Å². The fraction of sp³-hybridized carbons (Fsp3) is 0.200. The molecule has 3 heteroatoms. The van der Waals surface area contributed by atoms with Crippen LogP contribution in [0.1, 0.15) is 24.1 Å². The van der Waals surface area contributed by atoms with Crippen LogP contribution in [0.5, 0.6) is 0 Å². The van der Waals surface area contributed by atoms with Crippen LogP contribution in [0.2, 0.25) is 0 Å². The number of benzene rings is 2. The molecule has 0 aromatic heterocycles. The fourth-order valence-electron chi connectivity index (χ4n) is 1.84. The molecule has 0 bridgehead atoms. The first kappa shape index (κ1) is 13.5. The van der Waals surface area contributed by atoms with Crippen LogP contribution in [0.15, 0.2) is 48.5 Å². The van der Waals surface area contributed by atoms with Gasteiger partial charge in [0.2, 0.25) is 0 Å². The van der Waals surface area contributed by atoms with Gasteiger partial charge in [0.1, 0.15) is 5.82 Å². The Balaban J connectivity index is 1.99. The van der Waals surface area contributed by atoms with Crippen molar-refractivity contribution < 1.29 is 4.39 Å². The molecule has 2 aromatic carbocycles. The Morgan fingerprint density at radius 3 is 2.56 bits per heavy atom. The molecule has 94 valence electrons. The highest BCUT2D eigenvalue weighted by atomic mass is 127. The van der Waals surface area contributed by atoms with Gasteiger partial charge >= 0.3 is 0 Å². The lowest BCUT2D eigenvalue weighted by Gasteiger charge is -2.14. The summed E-state index contributed by atoms with van der Waals surface area (Å²) in [4.78, 5) is 0. The number of rotatable bonds is 4. The maximum atomic E-state index is 13.2. The Bertz CT molecular complexity index is 493. The van der Waals surface area contributed by atoms with Crippen molar-refractivity contribution in [3.8, 4) is 0 Å². The van der Waals surface area contributed by atoms with Crippen LogP contribution >= 0.6 is 22.6 Å². The lowest BCUT2D eigenvalue weighted by Crippen LogP contribution is -2.18. The molecule has 1 N–H and O–H groups in total. The number of nitrogens with one attached hydrogen (secondary N) is 1. The monoisotopic (exact) mass is 355 g/mol. The summed E-state index contributed by atoms with van der Waals surface area (Å²) in [5.74, 6) is -0.175. The molecule has 0 spiro atoms. The highest BCUT2D eigenvalue weighted by molar-refractivity contribution is 14.1. The smallest absolute Gasteiger partial charge is 0.124 e. The van der Waals surface area contributed by atoms with Crippen molar-refractivity contribution in [2.24, 2.45) is 0 Å². The molecule has 0 saturated carbocycles. The minimum absolute atomic E-state index is 0.175. The standard InChI is InChI=1S/C15H15FIN/c1-11(13-5-3-2-4-6-13)18-10-12-7-14(16)9-15(17)8-12/h2-9,11,18H,10H2,1H3/t11-/m1/s1. The summed E-state index contributed by atoms with van der Waals surface area (Å²) in [6.45, 7) is 2.78. The summed E-state index contributed by atoms with van der Waals surface area (Å²) in [5, 5.41) is 3.40. The molecule has 0 aliphatic carbocycles. The predicted molar refractivity (Wildman–Crippen MR) is 80.8 cm³/mol. The third-order valence-corrected chi connectivity index (χ3v) is 3.46. The Morgan fingerprint density at radius 2 is 1.89 bits per heavy atom. The molecular formula is C15H15FIN. The van der Waals surface area contributed by atoms with E-state index in [1.165, 1.54) is 11.6 Å². The minimum Gasteiger partial charge on any atom is -0.306 e. The maximum Gasteiger partial charge on any atom is 0.124 e. The van der Waals surface area contributed by atoms with Crippen molar-refractivity contribution in [3.63, 3.8) is 0 Å². The average Bonchev–Trinajstić information content (AvgIpc) is 2.36. The Hall–Kier alpha value is -0.940. The zero-order valence-electron chi connectivity index (χ0n) is 10.2. The molecule has 0 unspecified atom stereocenters. The van der Waals surface area contributed by atoms with Crippen molar-refractivity contribution in [2.75, 3.05) is 0 Å². The Kier molecular flexibility index (Phi) is 4.72. The third kappa shape index (κ3) is 3.78. The molecule has 2 rings (SSSR count). The first-order valence-corrected chi connectivity index (χ1v) is 6.96. The highest BCUT2D eigenvalue weighted by Crippen LogP contribution is 2.14. The SMILES string of the molecule is C[C@@H](NCc1cc(F)cc(I)c1)c1ccccc1. The van der Waals surface area contributed by atoms with Gasteiger partial charge in [-0.3, -0.25) is 0 Å². The topological polar surface area (TPSA) is 12.0 Å². The van der Waals surface area contributed by atoms with Crippen LogP contribution in [0.4, 0.5) is 4.39 Å². The van der Waals surface area contributed by atoms with Crippen LogP contribution in [0.25, 0.3) is 0 Å². The van der Waals surface area contributed by atoms with Gasteiger partial charge in [-0.25, -0.2) is 4.39 Å². The van der Waals surface area contributed by atoms with E-state index in [2.05, 4.69) is 47.0 Å². The first-order chi connectivity index (χ1) is 8.65. The van der Waals surface area contributed by atoms with Crippen LogP contribution in [0.3, 0.4) is 0 Å². The van der Waals surface area contributed by atoms with E-state index >= 15 is 0 Å². The van der Waals surface area contributed by atoms with E-state index in [4.69, 9.17) is 0 Å². The molecule has 0 aliphatic rings. The summed E-state index contributed by atoms with van der Waals surface area (Å²) in [5.41, 5.74) is 2.21. The molecule has 2 aromatic rings. The summed E-state index contributed by atoms with van der Waals surface area (Å²) in [7, 11) is 0. The van der Waals surface area contributed by atoms with E-state index in [9.17, 15) is 4.39 Å². The molecule has 0 aliphatic heterocycles. The second kappa shape index (κ2) is 6.29. The lowest BCUT2D eigenvalue weighted by molar-refractivity contribution is 0.569. The van der Waals surface area contributed by atoms with Gasteiger partial charge in [-0.15, -0.1) is 0 Å². The normalized spacial score (nSPS) is 12.4. The van der Waals surface area contributed by atoms with E-state index < -0.39 is 0 Å². The molecule has 1 nitrogen and oxygen atoms in total. The largest absolute Gasteiger partial charge is 0.306 e. The second-order valence-electron chi connectivity index (χ2n) is 4.29. The average molecular weight is 355 g/mol. The molecule has 0 saturated heterocycles. The summed E-state index contributed by atoms with van der Waals surface area (Å²) < 4.78 is 14.2. The number of hydrogen-bond donors (Lipinski definition) is 1. The van der Waals surface area contributed by atoms with E-state index in [0.29, 0.717) is 6.54 Å². The third-order valence-electron chi connectivity index (χ3n) is 2.83. The van der Waals surface area contributed by atoms with Gasteiger partial charge in [-0.05, 0) is 58.8 Å². The Labute approximate surface area is 121 Å². The van der Waals surface area contributed by atoms with E-state index in [1.54, 1.807) is 6.07 Å². The van der Waals surface area contributed by atoms with Crippen LogP contribution in [-0.2, 0) is 6.54 Å². The van der Waals surface area contributed by atoms with Crippen molar-refractivity contribution in [1.82, 2.24) is 5.32 Å². The van der Waals surface area contributed by atoms with Gasteiger partial charge in [-0.1, -0.05) is 30.3 Å². The lowest BCUT2D eigenvalue weighted by atomic mass is 10.1. The number of halogens is 2. The second-order valence-corrected chi connectivity index (χ2v) is 5.54. The summed E-state index contributed by atoms with van der Waals surface area (Å²) in [6, 6.07) is 15.6. The summed E-state index contributed by atoms with van der Waals surface area (Å²) >= 11 is 2.13. The molecule has 0 radical (unpaired) electrons. The van der Waals surface area contributed by atoms with Crippen LogP contribution < -0.4 is 5.32 Å². The van der Waals surface area contributed by atoms with Crippen molar-refractivity contribution in [2.45, 2.75) is 19.5 Å². The molecule has 18 heavy (non-hydrogen) atoms. The van der Waals surface area contributed by atoms with Crippen molar-refractivity contribution in [3.05, 3.63) is 69.0 Å². The molecule has 0 amide bonds. The quantitative estimate of drug-likeness (QED) is 0.808. The van der Waals surface area contributed by atoms with Crippen LogP contribution in [-0.4, -0.2) is 0 Å². The zero-order chi connectivity index (χ0) is 13.0. The van der Waals surface area contributed by atoms with E-state index in [-0.39, 0.29) is 11.9 Å². The molecular weight excluding hydrogens is 340 g/mol. The maximum absolute atomic E-state index is 13.2. The van der Waals surface area contributed by atoms with Gasteiger partial charge in [0, 0.05) is 16.2 Å². The first-order valence-electron chi connectivity index (χ1n) is 5.88. The fourth-order valence-corrected chi connectivity index (χ4v) is 2.54. The van der Waals surface area contributed by atoms with E-state index in [0.717, 1.165) is 9.13 Å². The Morgan fingerprint density at radius 1 is 1.17 bits per heavy atom. The van der Waals surface area contributed by atoms with E-state index in [1.807, 2.05) is 24.3 Å². The zero-order valence-corrected chi connectivity index (χ0v) is 12.3. The minimum atomic E-state index is -0.175. The van der Waals surface area contributed by atoms with Gasteiger partial charge < -0.3 is 5.32 Å². The molecule has 0 fully saturated rings. The van der Waals surface area contributed by atoms with Crippen molar-refractivity contribution in [1.29, 1.82) is 0 Å². The predicted octanol–water partition coefficient (Wildman–Crippen LogP) is 4.28. The molecule has 0 heterocycles. The summed E-state index contributed by atoms with van der Waals surface area (Å²) in [6.07, 6.45) is 0. The number of hydrogen-bond acceptors (Lipinski definition) is 1. The highest BCUT2D eigenvalue weighted by Gasteiger charge is 2.05. The molecule has 1 atom stereocenters. The van der Waals surface area contributed by atoms with Crippen molar-refractivity contribution >= 4 is 22.6 Å². The van der Waals surface area contributed by atoms with Gasteiger partial charge in [-0.2, -0.15) is 0 Å². The van der Waals surface area contributed by atoms with Crippen LogP contribution in [0, 0.1) is 9.39 Å². The van der Waals surface area contributed by atoms with Gasteiger partial charge in [0.25, 0.3) is 0 Å². The van der Waals surface area contributed by atoms with Gasteiger partial charge in [0.15, 0.2) is 0 Å².